The number of nitrogens with zero attached hydrogens (tertiary/aromatic N) is 1. The molecule has 4 aromatic rings. The van der Waals surface area contributed by atoms with E-state index in [4.69, 9.17) is 9.47 Å². The number of aromatic amines is 1. The summed E-state index contributed by atoms with van der Waals surface area (Å²) < 4.78 is 56.9. The largest absolute Gasteiger partial charge is 0.493 e. The number of halogens is 3. The summed E-state index contributed by atoms with van der Waals surface area (Å²) in [5.74, 6) is -1.45. The first-order valence-corrected chi connectivity index (χ1v) is 14.3. The van der Waals surface area contributed by atoms with Gasteiger partial charge in [-0.3, -0.25) is 0 Å². The van der Waals surface area contributed by atoms with Crippen LogP contribution in [0.15, 0.2) is 53.6 Å². The number of aromatic nitrogens is 2. The number of hydrogen-bond acceptors (Lipinski definition) is 5. The van der Waals surface area contributed by atoms with Crippen LogP contribution in [0.4, 0.5) is 18.9 Å². The van der Waals surface area contributed by atoms with E-state index in [2.05, 4.69) is 22.2 Å². The van der Waals surface area contributed by atoms with Crippen LogP contribution in [-0.4, -0.2) is 29.4 Å². The molecule has 0 saturated carbocycles. The highest BCUT2D eigenvalue weighted by Crippen LogP contribution is 2.46. The Kier molecular flexibility index (Phi) is 6.78. The number of para-hydroxylation sites is 1. The smallest absolute Gasteiger partial charge is 0.204 e. The molecule has 2 N–H and O–H groups in total. The Morgan fingerprint density at radius 1 is 1.15 bits per heavy atom. The van der Waals surface area contributed by atoms with Crippen molar-refractivity contribution in [2.24, 2.45) is 0 Å². The van der Waals surface area contributed by atoms with Crippen molar-refractivity contribution in [3.63, 3.8) is 0 Å². The SMILES string of the molecule is C/C=C/c1cccc2c1OCCC2(C)c1cnc(-c2cc(Oc3c(F)c(F)c4c(c3SC)CCN4)ccc2F)[nH]1. The summed E-state index contributed by atoms with van der Waals surface area (Å²) in [6.07, 6.45) is 8.76. The molecule has 3 heterocycles. The zero-order valence-corrected chi connectivity index (χ0v) is 23.1. The minimum absolute atomic E-state index is 0.164. The molecule has 1 unspecified atom stereocenters. The molecule has 5 nitrogen and oxygen atoms in total. The zero-order chi connectivity index (χ0) is 28.0. The third-order valence-corrected chi connectivity index (χ3v) is 8.53. The van der Waals surface area contributed by atoms with Gasteiger partial charge >= 0.3 is 0 Å². The number of thioether (sulfide) groups is 1. The molecule has 3 aromatic carbocycles. The molecule has 0 spiro atoms. The van der Waals surface area contributed by atoms with Crippen LogP contribution in [0.3, 0.4) is 0 Å². The van der Waals surface area contributed by atoms with E-state index >= 15 is 8.78 Å². The summed E-state index contributed by atoms with van der Waals surface area (Å²) in [5.41, 5.74) is 3.43. The van der Waals surface area contributed by atoms with E-state index in [1.54, 1.807) is 12.5 Å². The molecular formula is C31H28F3N3O2S. The normalized spacial score (nSPS) is 17.9. The van der Waals surface area contributed by atoms with Crippen molar-refractivity contribution in [2.75, 3.05) is 24.7 Å². The Bertz CT molecular complexity index is 1650. The molecular weight excluding hydrogens is 535 g/mol. The fraction of sp³-hybridized carbons (Fsp3) is 0.258. The van der Waals surface area contributed by atoms with Crippen LogP contribution in [0, 0.1) is 17.5 Å². The van der Waals surface area contributed by atoms with Crippen LogP contribution in [0.25, 0.3) is 17.5 Å². The predicted molar refractivity (Wildman–Crippen MR) is 152 cm³/mol. The van der Waals surface area contributed by atoms with Gasteiger partial charge in [0.05, 0.1) is 22.8 Å². The summed E-state index contributed by atoms with van der Waals surface area (Å²) in [6, 6.07) is 10.1. The first-order chi connectivity index (χ1) is 19.4. The monoisotopic (exact) mass is 563 g/mol. The molecule has 1 aromatic heterocycles. The lowest BCUT2D eigenvalue weighted by Crippen LogP contribution is -2.31. The molecule has 40 heavy (non-hydrogen) atoms. The van der Waals surface area contributed by atoms with Crippen LogP contribution in [0.1, 0.15) is 42.7 Å². The van der Waals surface area contributed by atoms with Gasteiger partial charge in [0.15, 0.2) is 11.6 Å². The Hall–Kier alpha value is -3.85. The third kappa shape index (κ3) is 4.23. The van der Waals surface area contributed by atoms with E-state index in [-0.39, 0.29) is 22.7 Å². The number of imidazole rings is 1. The van der Waals surface area contributed by atoms with Gasteiger partial charge in [0.2, 0.25) is 5.82 Å². The van der Waals surface area contributed by atoms with Gasteiger partial charge in [-0.2, -0.15) is 4.39 Å². The fourth-order valence-electron chi connectivity index (χ4n) is 5.57. The van der Waals surface area contributed by atoms with Gasteiger partial charge in [-0.25, -0.2) is 13.8 Å². The van der Waals surface area contributed by atoms with E-state index < -0.39 is 22.9 Å². The number of anilines is 1. The molecule has 2 aliphatic heterocycles. The Morgan fingerprint density at radius 2 is 2.00 bits per heavy atom. The van der Waals surface area contributed by atoms with Crippen LogP contribution in [0.5, 0.6) is 17.2 Å². The van der Waals surface area contributed by atoms with E-state index in [1.807, 2.05) is 37.3 Å². The predicted octanol–water partition coefficient (Wildman–Crippen LogP) is 8.10. The molecule has 1 atom stereocenters. The van der Waals surface area contributed by atoms with Crippen molar-refractivity contribution >= 4 is 23.5 Å². The van der Waals surface area contributed by atoms with Gasteiger partial charge in [-0.1, -0.05) is 30.4 Å². The van der Waals surface area contributed by atoms with Gasteiger partial charge in [0, 0.05) is 35.0 Å². The molecule has 2 aliphatic rings. The molecule has 9 heteroatoms. The van der Waals surface area contributed by atoms with Gasteiger partial charge < -0.3 is 19.8 Å². The standard InChI is InChI=1S/C31H28F3N3O2S/c1-4-6-17-7-5-8-21-27(17)38-14-12-31(21,2)23-16-36-30(37-23)20-15-18(9-10-22(20)32)39-28-25(34)24(33)26-19(11-13-35-26)29(28)40-3/h4-10,15-16,35H,11-14H2,1-3H3,(H,36,37)/b6-4+. The second kappa shape index (κ2) is 10.3. The summed E-state index contributed by atoms with van der Waals surface area (Å²) in [5, 5.41) is 2.90. The van der Waals surface area contributed by atoms with Gasteiger partial charge in [0.1, 0.15) is 23.1 Å². The Labute approximate surface area is 234 Å². The second-order valence-corrected chi connectivity index (χ2v) is 10.9. The lowest BCUT2D eigenvalue weighted by Gasteiger charge is -2.35. The maximum Gasteiger partial charge on any atom is 0.204 e. The van der Waals surface area contributed by atoms with Crippen LogP contribution in [-0.2, 0) is 11.8 Å². The number of ether oxygens (including phenoxy) is 2. The average molecular weight is 564 g/mol. The number of nitrogens with one attached hydrogen (secondary N) is 2. The first-order valence-electron chi connectivity index (χ1n) is 13.1. The van der Waals surface area contributed by atoms with Crippen LogP contribution >= 0.6 is 11.8 Å². The molecule has 0 fully saturated rings. The lowest BCUT2D eigenvalue weighted by molar-refractivity contribution is 0.241. The van der Waals surface area contributed by atoms with Crippen LogP contribution < -0.4 is 14.8 Å². The number of allylic oxidation sites excluding steroid dienone is 1. The Morgan fingerprint density at radius 3 is 2.80 bits per heavy atom. The number of hydrogen-bond donors (Lipinski definition) is 2. The Balaban J connectivity index is 1.37. The van der Waals surface area contributed by atoms with Crippen LogP contribution in [0.2, 0.25) is 0 Å². The van der Waals surface area contributed by atoms with Crippen molar-refractivity contribution in [3.05, 3.63) is 88.5 Å². The summed E-state index contributed by atoms with van der Waals surface area (Å²) in [7, 11) is 0. The van der Waals surface area contributed by atoms with Gasteiger partial charge in [0.25, 0.3) is 0 Å². The molecule has 0 saturated heterocycles. The van der Waals surface area contributed by atoms with E-state index in [0.717, 1.165) is 22.6 Å². The highest BCUT2D eigenvalue weighted by atomic mass is 32.2. The number of H-pyrrole nitrogens is 1. The van der Waals surface area contributed by atoms with Crippen molar-refractivity contribution in [3.8, 4) is 28.6 Å². The molecule has 6 rings (SSSR count). The van der Waals surface area contributed by atoms with Crippen molar-refractivity contribution in [2.45, 2.75) is 37.0 Å². The minimum atomic E-state index is -1.08. The number of fused-ring (bicyclic) bond motifs is 2. The molecule has 206 valence electrons. The maximum atomic E-state index is 15.1. The molecule has 0 aliphatic carbocycles. The van der Waals surface area contributed by atoms with Crippen molar-refractivity contribution in [1.82, 2.24) is 9.97 Å². The highest BCUT2D eigenvalue weighted by Gasteiger charge is 2.37. The van der Waals surface area contributed by atoms with Crippen molar-refractivity contribution in [1.29, 1.82) is 0 Å². The fourth-order valence-corrected chi connectivity index (χ4v) is 6.34. The third-order valence-electron chi connectivity index (χ3n) is 7.69. The number of benzene rings is 3. The minimum Gasteiger partial charge on any atom is -0.493 e. The molecule has 0 radical (unpaired) electrons. The van der Waals surface area contributed by atoms with E-state index in [0.29, 0.717) is 42.3 Å². The quantitative estimate of drug-likeness (QED) is 0.232. The lowest BCUT2D eigenvalue weighted by atomic mass is 9.75. The second-order valence-electron chi connectivity index (χ2n) is 10.1. The van der Waals surface area contributed by atoms with E-state index in [1.165, 1.54) is 30.0 Å². The molecule has 0 bridgehead atoms. The van der Waals surface area contributed by atoms with Crippen molar-refractivity contribution < 1.29 is 22.6 Å². The zero-order valence-electron chi connectivity index (χ0n) is 22.3. The van der Waals surface area contributed by atoms with E-state index in [9.17, 15) is 4.39 Å². The average Bonchev–Trinajstić information content (AvgIpc) is 3.65. The van der Waals surface area contributed by atoms with Gasteiger partial charge in [-0.15, -0.1) is 11.8 Å². The summed E-state index contributed by atoms with van der Waals surface area (Å²) in [6.45, 7) is 5.13. The topological polar surface area (TPSA) is 59.2 Å². The summed E-state index contributed by atoms with van der Waals surface area (Å²) in [4.78, 5) is 8.34. The van der Waals surface area contributed by atoms with Gasteiger partial charge in [-0.05, 0) is 56.7 Å². The highest BCUT2D eigenvalue weighted by molar-refractivity contribution is 7.98. The number of rotatable bonds is 6. The summed E-state index contributed by atoms with van der Waals surface area (Å²) >= 11 is 1.28. The maximum absolute atomic E-state index is 15.1. The molecule has 0 amide bonds. The first kappa shape index (κ1) is 26.4.